The van der Waals surface area contributed by atoms with Crippen LogP contribution in [0.3, 0.4) is 0 Å². The molecule has 7 nitrogen and oxygen atoms in total. The third-order valence-electron chi connectivity index (χ3n) is 4.20. The Labute approximate surface area is 146 Å². The van der Waals surface area contributed by atoms with Crippen molar-refractivity contribution in [3.63, 3.8) is 0 Å². The largest absolute Gasteiger partial charge is 0.458 e. The van der Waals surface area contributed by atoms with Crippen molar-refractivity contribution < 1.29 is 14.3 Å². The molecule has 1 aliphatic heterocycles. The summed E-state index contributed by atoms with van der Waals surface area (Å²) in [6.07, 6.45) is 4.84. The second-order valence-electron chi connectivity index (χ2n) is 6.27. The highest BCUT2D eigenvalue weighted by molar-refractivity contribution is 6.18. The van der Waals surface area contributed by atoms with Crippen LogP contribution in [0.25, 0.3) is 0 Å². The minimum atomic E-state index is -1.08. The molecule has 0 spiro atoms. The van der Waals surface area contributed by atoms with Crippen LogP contribution < -0.4 is 0 Å². The predicted octanol–water partition coefficient (Wildman–Crippen LogP) is 2.22. The van der Waals surface area contributed by atoms with Crippen molar-refractivity contribution in [2.24, 2.45) is 10.9 Å². The highest BCUT2D eigenvalue weighted by Gasteiger charge is 2.48. The number of carbonyl (C=O) groups is 2. The van der Waals surface area contributed by atoms with Gasteiger partial charge in [0.1, 0.15) is 17.8 Å². The van der Waals surface area contributed by atoms with Crippen LogP contribution in [0.4, 0.5) is 0 Å². The van der Waals surface area contributed by atoms with Gasteiger partial charge in [-0.2, -0.15) is 10.2 Å². The maximum Gasteiger partial charge on any atom is 0.340 e. The minimum absolute atomic E-state index is 0.0449. The predicted molar refractivity (Wildman–Crippen MR) is 91.7 cm³/mol. The van der Waals surface area contributed by atoms with E-state index in [0.717, 1.165) is 10.5 Å². The number of hydrogen-bond acceptors (Lipinski definition) is 6. The van der Waals surface area contributed by atoms with Crippen molar-refractivity contribution in [3.05, 3.63) is 41.7 Å². The van der Waals surface area contributed by atoms with E-state index in [1.165, 1.54) is 6.08 Å². The molecular weight excluding hydrogens is 320 g/mol. The summed E-state index contributed by atoms with van der Waals surface area (Å²) < 4.78 is 5.09. The van der Waals surface area contributed by atoms with Crippen LogP contribution in [0.15, 0.2) is 29.9 Å². The second-order valence-corrected chi connectivity index (χ2v) is 6.27. The van der Waals surface area contributed by atoms with Gasteiger partial charge >= 0.3 is 5.97 Å². The zero-order valence-corrected chi connectivity index (χ0v) is 14.7. The average Bonchev–Trinajstić information content (AvgIpc) is 2.84. The van der Waals surface area contributed by atoms with Crippen molar-refractivity contribution in [1.29, 1.82) is 5.26 Å². The van der Waals surface area contributed by atoms with Gasteiger partial charge in [0.25, 0.3) is 5.91 Å². The first-order chi connectivity index (χ1) is 11.8. The third-order valence-corrected chi connectivity index (χ3v) is 4.20. The number of carbonyl (C=O) groups excluding carboxylic acids is 2. The lowest BCUT2D eigenvalue weighted by atomic mass is 9.89. The molecule has 2 heterocycles. The van der Waals surface area contributed by atoms with Gasteiger partial charge in [-0.3, -0.25) is 9.78 Å². The fraction of sp³-hybridized carbons (Fsp3) is 0.389. The highest BCUT2D eigenvalue weighted by atomic mass is 16.5. The number of hydrogen-bond donors (Lipinski definition) is 0. The smallest absolute Gasteiger partial charge is 0.340 e. The minimum Gasteiger partial charge on any atom is -0.458 e. The Morgan fingerprint density at radius 1 is 1.56 bits per heavy atom. The van der Waals surface area contributed by atoms with Crippen LogP contribution in [-0.2, 0) is 9.53 Å². The van der Waals surface area contributed by atoms with E-state index in [9.17, 15) is 14.9 Å². The molecule has 0 N–H and O–H groups in total. The van der Waals surface area contributed by atoms with E-state index in [1.54, 1.807) is 26.1 Å². The van der Waals surface area contributed by atoms with Crippen LogP contribution in [0, 0.1) is 24.3 Å². The quantitative estimate of drug-likeness (QED) is 0.465. The summed E-state index contributed by atoms with van der Waals surface area (Å²) in [5.41, 5.74) is -0.0325. The Kier molecular flexibility index (Phi) is 5.02. The van der Waals surface area contributed by atoms with Crippen molar-refractivity contribution in [2.75, 3.05) is 6.61 Å². The zero-order chi connectivity index (χ0) is 18.8. The number of aliphatic imine (C=N–C) groups is 1. The average molecular weight is 340 g/mol. The first-order valence-corrected chi connectivity index (χ1v) is 7.85. The van der Waals surface area contributed by atoms with Crippen LogP contribution in [-0.4, -0.2) is 39.7 Å². The number of nitriles is 1. The molecule has 1 unspecified atom stereocenters. The summed E-state index contributed by atoms with van der Waals surface area (Å²) in [6, 6.07) is 1.60. The summed E-state index contributed by atoms with van der Waals surface area (Å²) >= 11 is 0. The molecular formula is C18H20N4O3. The number of esters is 1. The Morgan fingerprint density at radius 3 is 2.80 bits per heavy atom. The van der Waals surface area contributed by atoms with Crippen LogP contribution in [0.2, 0.25) is 0 Å². The molecule has 0 aliphatic carbocycles. The van der Waals surface area contributed by atoms with Crippen LogP contribution >= 0.6 is 0 Å². The van der Waals surface area contributed by atoms with E-state index in [4.69, 9.17) is 4.74 Å². The molecule has 1 atom stereocenters. The second kappa shape index (κ2) is 6.85. The molecule has 1 aromatic heterocycles. The van der Waals surface area contributed by atoms with Gasteiger partial charge in [0.05, 0.1) is 5.56 Å². The summed E-state index contributed by atoms with van der Waals surface area (Å²) in [5, 5.41) is 9.42. The zero-order valence-electron chi connectivity index (χ0n) is 14.7. The molecule has 25 heavy (non-hydrogen) atoms. The SMILES string of the molecule is C=CCOC(=O)c1cc(C)cnc1C1=NC(C)(C(C)C)C(=O)N1C#N. The molecule has 1 aromatic rings. The topological polar surface area (TPSA) is 95.7 Å². The van der Waals surface area contributed by atoms with E-state index >= 15 is 0 Å². The monoisotopic (exact) mass is 340 g/mol. The number of amidine groups is 1. The van der Waals surface area contributed by atoms with Crippen molar-refractivity contribution in [3.8, 4) is 6.19 Å². The number of ether oxygens (including phenoxy) is 1. The van der Waals surface area contributed by atoms with E-state index < -0.39 is 17.4 Å². The summed E-state index contributed by atoms with van der Waals surface area (Å²) in [5.74, 6) is -1.12. The lowest BCUT2D eigenvalue weighted by Crippen LogP contribution is -2.42. The van der Waals surface area contributed by atoms with Crippen molar-refractivity contribution in [2.45, 2.75) is 33.2 Å². The Balaban J connectivity index is 2.61. The first-order valence-electron chi connectivity index (χ1n) is 7.85. The van der Waals surface area contributed by atoms with Gasteiger partial charge in [-0.05, 0) is 31.4 Å². The van der Waals surface area contributed by atoms with Crippen molar-refractivity contribution in [1.82, 2.24) is 9.88 Å². The fourth-order valence-corrected chi connectivity index (χ4v) is 2.38. The van der Waals surface area contributed by atoms with Gasteiger partial charge in [0.15, 0.2) is 12.0 Å². The normalized spacial score (nSPS) is 19.6. The molecule has 0 saturated heterocycles. The molecule has 0 bridgehead atoms. The maximum absolute atomic E-state index is 12.6. The molecule has 1 aliphatic rings. The standard InChI is InChI=1S/C18H20N4O3/c1-6-7-25-16(23)13-8-12(4)9-20-14(13)15-21-18(5,11(2)3)17(24)22(15)10-19/h6,8-9,11H,1,7H2,2-5H3. The van der Waals surface area contributed by atoms with Crippen LogP contribution in [0.1, 0.15) is 42.4 Å². The molecule has 0 fully saturated rings. The van der Waals surface area contributed by atoms with E-state index in [0.29, 0.717) is 0 Å². The molecule has 2 rings (SSSR count). The van der Waals surface area contributed by atoms with Crippen LogP contribution in [0.5, 0.6) is 0 Å². The summed E-state index contributed by atoms with van der Waals surface area (Å²) in [4.78, 5) is 34.6. The molecule has 0 aromatic carbocycles. The van der Waals surface area contributed by atoms with Gasteiger partial charge in [0, 0.05) is 6.20 Å². The molecule has 1 amide bonds. The van der Waals surface area contributed by atoms with Gasteiger partial charge in [-0.1, -0.05) is 26.5 Å². The number of amides is 1. The molecule has 0 radical (unpaired) electrons. The van der Waals surface area contributed by atoms with Gasteiger partial charge < -0.3 is 4.74 Å². The summed E-state index contributed by atoms with van der Waals surface area (Å²) in [6.45, 7) is 10.7. The number of aryl methyl sites for hydroxylation is 1. The Bertz CT molecular complexity index is 807. The number of pyridine rings is 1. The van der Waals surface area contributed by atoms with E-state index in [-0.39, 0.29) is 29.6 Å². The third kappa shape index (κ3) is 3.15. The fourth-order valence-electron chi connectivity index (χ4n) is 2.38. The summed E-state index contributed by atoms with van der Waals surface area (Å²) in [7, 11) is 0. The first kappa shape index (κ1) is 18.3. The van der Waals surface area contributed by atoms with Gasteiger partial charge in [-0.15, -0.1) is 0 Å². The molecule has 0 saturated carbocycles. The maximum atomic E-state index is 12.6. The van der Waals surface area contributed by atoms with E-state index in [2.05, 4.69) is 16.6 Å². The number of aromatic nitrogens is 1. The lowest BCUT2D eigenvalue weighted by molar-refractivity contribution is -0.129. The van der Waals surface area contributed by atoms with Crippen molar-refractivity contribution >= 4 is 17.7 Å². The lowest BCUT2D eigenvalue weighted by Gasteiger charge is -2.22. The number of rotatable bonds is 5. The molecule has 7 heteroatoms. The number of nitrogens with zero attached hydrogens (tertiary/aromatic N) is 4. The van der Waals surface area contributed by atoms with Gasteiger partial charge in [0.2, 0.25) is 0 Å². The Hall–Kier alpha value is -3.01. The molecule has 130 valence electrons. The highest BCUT2D eigenvalue weighted by Crippen LogP contribution is 2.32. The van der Waals surface area contributed by atoms with Gasteiger partial charge in [-0.25, -0.2) is 9.79 Å². The van der Waals surface area contributed by atoms with E-state index in [1.807, 2.05) is 20.0 Å². The Morgan fingerprint density at radius 2 is 2.24 bits per heavy atom.